The minimum Gasteiger partial charge on any atom is -0.423 e. The fourth-order valence-corrected chi connectivity index (χ4v) is 1.49. The first-order chi connectivity index (χ1) is 5.36. The Morgan fingerprint density at radius 1 is 1.55 bits per heavy atom. The van der Waals surface area contributed by atoms with Crippen molar-refractivity contribution in [3.8, 4) is 10.6 Å². The van der Waals surface area contributed by atoms with E-state index in [-0.39, 0.29) is 6.01 Å². The van der Waals surface area contributed by atoms with Crippen molar-refractivity contribution in [2.45, 2.75) is 0 Å². The van der Waals surface area contributed by atoms with E-state index in [1.165, 1.54) is 0 Å². The summed E-state index contributed by atoms with van der Waals surface area (Å²) in [6, 6.07) is 4.14. The van der Waals surface area contributed by atoms with Crippen LogP contribution in [-0.4, -0.2) is 4.98 Å². The van der Waals surface area contributed by atoms with Gasteiger partial charge in [-0.1, -0.05) is 6.07 Å². The van der Waals surface area contributed by atoms with Crippen LogP contribution < -0.4 is 5.73 Å². The highest BCUT2D eigenvalue weighted by atomic mass is 32.1. The lowest BCUT2D eigenvalue weighted by atomic mass is 10.4. The Morgan fingerprint density at radius 2 is 2.45 bits per heavy atom. The highest BCUT2D eigenvalue weighted by Gasteiger charge is 2.03. The summed E-state index contributed by atoms with van der Waals surface area (Å²) in [5.41, 5.74) is 5.31. The van der Waals surface area contributed by atoms with Gasteiger partial charge in [0.2, 0.25) is 0 Å². The summed E-state index contributed by atoms with van der Waals surface area (Å²) in [6.45, 7) is 0. The van der Waals surface area contributed by atoms with Gasteiger partial charge in [-0.15, -0.1) is 11.3 Å². The minimum atomic E-state index is 0.216. The molecule has 0 atom stereocenters. The molecule has 0 spiro atoms. The van der Waals surface area contributed by atoms with E-state index in [1.807, 2.05) is 17.5 Å². The molecule has 2 aromatic heterocycles. The van der Waals surface area contributed by atoms with Crippen molar-refractivity contribution in [1.29, 1.82) is 0 Å². The first-order valence-corrected chi connectivity index (χ1v) is 3.99. The zero-order chi connectivity index (χ0) is 7.68. The number of nitrogen functional groups attached to an aromatic ring is 1. The lowest BCUT2D eigenvalue weighted by Crippen LogP contribution is -1.79. The number of thiophene rings is 1. The van der Waals surface area contributed by atoms with Crippen molar-refractivity contribution in [3.63, 3.8) is 0 Å². The van der Waals surface area contributed by atoms with Crippen LogP contribution in [0.5, 0.6) is 0 Å². The van der Waals surface area contributed by atoms with Gasteiger partial charge < -0.3 is 10.2 Å². The van der Waals surface area contributed by atoms with Gasteiger partial charge in [0.25, 0.3) is 6.01 Å². The van der Waals surface area contributed by atoms with Crippen LogP contribution in [0.2, 0.25) is 0 Å². The van der Waals surface area contributed by atoms with Crippen molar-refractivity contribution in [2.75, 3.05) is 5.73 Å². The average Bonchev–Trinajstić information content (AvgIpc) is 2.55. The standard InChI is InChI=1S/C7H6N2OS/c8-7-9-4-5(10-7)6-2-1-3-11-6/h1-4H,(H2,8,9). The van der Waals surface area contributed by atoms with Crippen LogP contribution in [0.1, 0.15) is 0 Å². The van der Waals surface area contributed by atoms with Crippen LogP contribution in [0.15, 0.2) is 28.1 Å². The fourth-order valence-electron chi connectivity index (χ4n) is 0.820. The second-order valence-electron chi connectivity index (χ2n) is 2.04. The molecule has 0 saturated carbocycles. The summed E-state index contributed by atoms with van der Waals surface area (Å²) in [5, 5.41) is 1.98. The van der Waals surface area contributed by atoms with Gasteiger partial charge in [0.1, 0.15) is 0 Å². The molecule has 2 rings (SSSR count). The van der Waals surface area contributed by atoms with Crippen LogP contribution in [0.3, 0.4) is 0 Å². The Kier molecular flexibility index (Phi) is 1.40. The van der Waals surface area contributed by atoms with E-state index in [2.05, 4.69) is 4.98 Å². The third kappa shape index (κ3) is 1.12. The fraction of sp³-hybridized carbons (Fsp3) is 0. The summed E-state index contributed by atoms with van der Waals surface area (Å²) in [7, 11) is 0. The van der Waals surface area contributed by atoms with E-state index in [1.54, 1.807) is 17.5 Å². The first-order valence-electron chi connectivity index (χ1n) is 3.11. The number of nitrogens with two attached hydrogens (primary N) is 1. The average molecular weight is 166 g/mol. The Hall–Kier alpha value is -1.29. The van der Waals surface area contributed by atoms with E-state index < -0.39 is 0 Å². The molecule has 2 heterocycles. The molecule has 3 nitrogen and oxygen atoms in total. The molecule has 2 aromatic rings. The summed E-state index contributed by atoms with van der Waals surface area (Å²) in [4.78, 5) is 4.84. The number of rotatable bonds is 1. The lowest BCUT2D eigenvalue weighted by molar-refractivity contribution is 0.596. The van der Waals surface area contributed by atoms with E-state index in [4.69, 9.17) is 10.2 Å². The maximum atomic E-state index is 5.31. The van der Waals surface area contributed by atoms with Gasteiger partial charge in [0, 0.05) is 0 Å². The number of anilines is 1. The number of nitrogens with zero attached hydrogens (tertiary/aromatic N) is 1. The van der Waals surface area contributed by atoms with Crippen molar-refractivity contribution < 1.29 is 4.42 Å². The molecule has 11 heavy (non-hydrogen) atoms. The Bertz CT molecular complexity index is 339. The van der Waals surface area contributed by atoms with Crippen molar-refractivity contribution in [2.24, 2.45) is 0 Å². The van der Waals surface area contributed by atoms with E-state index in [0.717, 1.165) is 10.6 Å². The quantitative estimate of drug-likeness (QED) is 0.704. The zero-order valence-electron chi connectivity index (χ0n) is 5.65. The van der Waals surface area contributed by atoms with E-state index in [0.29, 0.717) is 0 Å². The maximum Gasteiger partial charge on any atom is 0.292 e. The molecule has 2 N–H and O–H groups in total. The number of aromatic nitrogens is 1. The molecule has 0 aliphatic heterocycles. The Balaban J connectivity index is 2.45. The molecular formula is C7H6N2OS. The van der Waals surface area contributed by atoms with Crippen molar-refractivity contribution in [1.82, 2.24) is 4.98 Å². The minimum absolute atomic E-state index is 0.216. The van der Waals surface area contributed by atoms with Gasteiger partial charge in [-0.05, 0) is 11.4 Å². The summed E-state index contributed by atoms with van der Waals surface area (Å²) < 4.78 is 5.10. The largest absolute Gasteiger partial charge is 0.423 e. The van der Waals surface area contributed by atoms with Crippen LogP contribution >= 0.6 is 11.3 Å². The molecule has 56 valence electrons. The van der Waals surface area contributed by atoms with Crippen LogP contribution in [0.25, 0.3) is 10.6 Å². The van der Waals surface area contributed by atoms with Gasteiger partial charge in [-0.3, -0.25) is 0 Å². The zero-order valence-corrected chi connectivity index (χ0v) is 6.47. The predicted octanol–water partition coefficient (Wildman–Crippen LogP) is 1.99. The normalized spacial score (nSPS) is 10.2. The highest BCUT2D eigenvalue weighted by Crippen LogP contribution is 2.25. The molecular weight excluding hydrogens is 160 g/mol. The number of hydrogen-bond acceptors (Lipinski definition) is 4. The van der Waals surface area contributed by atoms with Crippen molar-refractivity contribution >= 4 is 17.4 Å². The predicted molar refractivity (Wildman–Crippen MR) is 44.2 cm³/mol. The summed E-state index contributed by atoms with van der Waals surface area (Å²) in [5.74, 6) is 0.734. The highest BCUT2D eigenvalue weighted by molar-refractivity contribution is 7.13. The van der Waals surface area contributed by atoms with Gasteiger partial charge in [0.05, 0.1) is 11.1 Å². The second-order valence-corrected chi connectivity index (χ2v) is 2.99. The topological polar surface area (TPSA) is 52.0 Å². The van der Waals surface area contributed by atoms with Gasteiger partial charge >= 0.3 is 0 Å². The molecule has 0 saturated heterocycles. The third-order valence-corrected chi connectivity index (χ3v) is 2.17. The Labute approximate surface area is 67.5 Å². The smallest absolute Gasteiger partial charge is 0.292 e. The second kappa shape index (κ2) is 2.39. The lowest BCUT2D eigenvalue weighted by Gasteiger charge is -1.84. The molecule has 0 radical (unpaired) electrons. The molecule has 0 aromatic carbocycles. The summed E-state index contributed by atoms with van der Waals surface area (Å²) in [6.07, 6.45) is 1.63. The van der Waals surface area contributed by atoms with E-state index in [9.17, 15) is 0 Å². The van der Waals surface area contributed by atoms with Gasteiger partial charge in [-0.25, -0.2) is 4.98 Å². The SMILES string of the molecule is Nc1ncc(-c2cccs2)o1. The Morgan fingerprint density at radius 3 is 3.00 bits per heavy atom. The maximum absolute atomic E-state index is 5.31. The molecule has 4 heteroatoms. The third-order valence-electron chi connectivity index (χ3n) is 1.29. The first kappa shape index (κ1) is 6.42. The van der Waals surface area contributed by atoms with Crippen LogP contribution in [0.4, 0.5) is 6.01 Å². The molecule has 0 unspecified atom stereocenters. The summed E-state index contributed by atoms with van der Waals surface area (Å²) >= 11 is 1.60. The molecule has 0 amide bonds. The van der Waals surface area contributed by atoms with Crippen molar-refractivity contribution in [3.05, 3.63) is 23.7 Å². The van der Waals surface area contributed by atoms with Gasteiger partial charge in [0.15, 0.2) is 5.76 Å². The van der Waals surface area contributed by atoms with E-state index >= 15 is 0 Å². The number of hydrogen-bond donors (Lipinski definition) is 1. The van der Waals surface area contributed by atoms with Crippen LogP contribution in [0, 0.1) is 0 Å². The number of oxazole rings is 1. The molecule has 0 fully saturated rings. The van der Waals surface area contributed by atoms with Crippen LogP contribution in [-0.2, 0) is 0 Å². The monoisotopic (exact) mass is 166 g/mol. The molecule has 0 aliphatic rings. The molecule has 0 aliphatic carbocycles. The molecule has 0 bridgehead atoms. The van der Waals surface area contributed by atoms with Gasteiger partial charge in [-0.2, -0.15) is 0 Å².